The van der Waals surface area contributed by atoms with Gasteiger partial charge in [-0.1, -0.05) is 18.9 Å². The predicted molar refractivity (Wildman–Crippen MR) is 42.3 cm³/mol. The predicted octanol–water partition coefficient (Wildman–Crippen LogP) is 1.55. The van der Waals surface area contributed by atoms with Crippen LogP contribution in [-0.4, -0.2) is 18.7 Å². The molecule has 48 valence electrons. The summed E-state index contributed by atoms with van der Waals surface area (Å²) >= 11 is 0. The quantitative estimate of drug-likeness (QED) is 0.439. The molecule has 0 aromatic rings. The molecule has 0 unspecified atom stereocenters. The summed E-state index contributed by atoms with van der Waals surface area (Å²) in [5.41, 5.74) is 1.34. The molecular formula is C7H12BN. The lowest BCUT2D eigenvalue weighted by Gasteiger charge is -2.25. The summed E-state index contributed by atoms with van der Waals surface area (Å²) in [4.78, 5) is 2.25. The largest absolute Gasteiger partial charge is 0.418 e. The Balaban J connectivity index is 2.73. The van der Waals surface area contributed by atoms with Crippen LogP contribution in [-0.2, 0) is 0 Å². The third kappa shape index (κ3) is 1.18. The normalized spacial score (nSPS) is 18.3. The highest BCUT2D eigenvalue weighted by Crippen LogP contribution is 2.08. The van der Waals surface area contributed by atoms with E-state index in [1.54, 1.807) is 0 Å². The number of hydrogen-bond donors (Lipinski definition) is 0. The second kappa shape index (κ2) is 2.30. The van der Waals surface area contributed by atoms with Gasteiger partial charge in [0.05, 0.1) is 0 Å². The average Bonchev–Trinajstić information content (AvgIpc) is 1.83. The van der Waals surface area contributed by atoms with Crippen LogP contribution in [0.3, 0.4) is 0 Å². The van der Waals surface area contributed by atoms with E-state index in [0.717, 1.165) is 0 Å². The van der Waals surface area contributed by atoms with Crippen LogP contribution in [0.2, 0.25) is 6.82 Å². The Hall–Kier alpha value is -0.655. The standard InChI is InChI=1S/C7H12BN/c1-7-5-4-6-8(2)9(7)3/h4-6H,1-3H3. The van der Waals surface area contributed by atoms with Gasteiger partial charge in [0.25, 0.3) is 6.85 Å². The highest BCUT2D eigenvalue weighted by atomic mass is 15.0. The molecule has 0 saturated heterocycles. The topological polar surface area (TPSA) is 3.24 Å². The second-order valence-corrected chi connectivity index (χ2v) is 2.54. The van der Waals surface area contributed by atoms with Crippen LogP contribution in [0.15, 0.2) is 23.8 Å². The minimum absolute atomic E-state index is 0.565. The van der Waals surface area contributed by atoms with E-state index in [1.807, 2.05) is 0 Å². The van der Waals surface area contributed by atoms with Crippen molar-refractivity contribution in [3.63, 3.8) is 0 Å². The minimum Gasteiger partial charge on any atom is -0.418 e. The van der Waals surface area contributed by atoms with Crippen molar-refractivity contribution in [3.05, 3.63) is 23.8 Å². The van der Waals surface area contributed by atoms with Crippen molar-refractivity contribution >= 4 is 6.85 Å². The third-order valence-electron chi connectivity index (χ3n) is 1.89. The Kier molecular flexibility index (Phi) is 1.65. The fraction of sp³-hybridized carbons (Fsp3) is 0.429. The van der Waals surface area contributed by atoms with E-state index in [9.17, 15) is 0 Å². The first-order valence-corrected chi connectivity index (χ1v) is 3.30. The van der Waals surface area contributed by atoms with Crippen LogP contribution in [0.4, 0.5) is 0 Å². The zero-order chi connectivity index (χ0) is 6.85. The molecule has 0 radical (unpaired) electrons. The van der Waals surface area contributed by atoms with Crippen molar-refractivity contribution in [2.24, 2.45) is 0 Å². The molecule has 1 heterocycles. The summed E-state index contributed by atoms with van der Waals surface area (Å²) in [5, 5.41) is 0. The van der Waals surface area contributed by atoms with E-state index in [1.165, 1.54) is 5.70 Å². The molecule has 0 N–H and O–H groups in total. The first-order chi connectivity index (χ1) is 4.22. The van der Waals surface area contributed by atoms with Gasteiger partial charge < -0.3 is 4.81 Å². The van der Waals surface area contributed by atoms with Gasteiger partial charge in [-0.05, 0) is 25.7 Å². The highest BCUT2D eigenvalue weighted by Gasteiger charge is 2.11. The summed E-state index contributed by atoms with van der Waals surface area (Å²) in [5.74, 6) is 2.19. The maximum atomic E-state index is 2.25. The van der Waals surface area contributed by atoms with Crippen LogP contribution in [0.25, 0.3) is 0 Å². The molecule has 0 amide bonds. The summed E-state index contributed by atoms with van der Waals surface area (Å²) < 4.78 is 0. The van der Waals surface area contributed by atoms with Gasteiger partial charge in [0.1, 0.15) is 0 Å². The summed E-state index contributed by atoms with van der Waals surface area (Å²) in [6, 6.07) is 0. The fourth-order valence-electron chi connectivity index (χ4n) is 0.923. The molecule has 2 heteroatoms. The summed E-state index contributed by atoms with van der Waals surface area (Å²) in [7, 11) is 2.11. The number of rotatable bonds is 0. The molecule has 1 aliphatic heterocycles. The molecule has 0 atom stereocenters. The van der Waals surface area contributed by atoms with Crippen LogP contribution in [0.1, 0.15) is 6.92 Å². The van der Waals surface area contributed by atoms with Gasteiger partial charge in [-0.3, -0.25) is 0 Å². The van der Waals surface area contributed by atoms with Crippen molar-refractivity contribution in [2.75, 3.05) is 7.05 Å². The Morgan fingerprint density at radius 3 is 2.67 bits per heavy atom. The van der Waals surface area contributed by atoms with Gasteiger partial charge >= 0.3 is 0 Å². The van der Waals surface area contributed by atoms with Crippen molar-refractivity contribution in [3.8, 4) is 0 Å². The molecule has 0 aliphatic carbocycles. The highest BCUT2D eigenvalue weighted by molar-refractivity contribution is 6.60. The van der Waals surface area contributed by atoms with E-state index >= 15 is 0 Å². The van der Waals surface area contributed by atoms with E-state index in [0.29, 0.717) is 6.85 Å². The Morgan fingerprint density at radius 2 is 2.22 bits per heavy atom. The van der Waals surface area contributed by atoms with Crippen LogP contribution >= 0.6 is 0 Å². The van der Waals surface area contributed by atoms with Gasteiger partial charge in [0.15, 0.2) is 0 Å². The summed E-state index contributed by atoms with van der Waals surface area (Å²) in [6.45, 7) is 4.88. The van der Waals surface area contributed by atoms with Crippen molar-refractivity contribution < 1.29 is 0 Å². The zero-order valence-electron chi connectivity index (χ0n) is 6.26. The smallest absolute Gasteiger partial charge is 0.277 e. The molecule has 0 fully saturated rings. The van der Waals surface area contributed by atoms with Gasteiger partial charge in [-0.2, -0.15) is 0 Å². The monoisotopic (exact) mass is 121 g/mol. The molecule has 0 bridgehead atoms. The molecule has 0 aromatic heterocycles. The first-order valence-electron chi connectivity index (χ1n) is 3.30. The van der Waals surface area contributed by atoms with Crippen molar-refractivity contribution in [1.29, 1.82) is 0 Å². The molecule has 9 heavy (non-hydrogen) atoms. The van der Waals surface area contributed by atoms with E-state index < -0.39 is 0 Å². The summed E-state index contributed by atoms with van der Waals surface area (Å²) in [6.07, 6.45) is 4.24. The lowest BCUT2D eigenvalue weighted by atomic mass is 9.62. The van der Waals surface area contributed by atoms with Crippen LogP contribution < -0.4 is 0 Å². The molecule has 0 saturated carbocycles. The molecule has 0 spiro atoms. The molecule has 1 nitrogen and oxygen atoms in total. The second-order valence-electron chi connectivity index (χ2n) is 2.54. The van der Waals surface area contributed by atoms with E-state index in [-0.39, 0.29) is 0 Å². The molecule has 1 rings (SSSR count). The number of hydrogen-bond acceptors (Lipinski definition) is 1. The average molecular weight is 121 g/mol. The maximum absolute atomic E-state index is 2.25. The lowest BCUT2D eigenvalue weighted by molar-refractivity contribution is 0.651. The van der Waals surface area contributed by atoms with Crippen LogP contribution in [0, 0.1) is 0 Å². The van der Waals surface area contributed by atoms with Crippen molar-refractivity contribution in [2.45, 2.75) is 13.7 Å². The minimum atomic E-state index is 0.565. The molecular weight excluding hydrogens is 109 g/mol. The van der Waals surface area contributed by atoms with Crippen LogP contribution in [0.5, 0.6) is 0 Å². The molecule has 0 aromatic carbocycles. The van der Waals surface area contributed by atoms with Crippen molar-refractivity contribution in [1.82, 2.24) is 4.81 Å². The Labute approximate surface area is 57.1 Å². The number of allylic oxidation sites excluding steroid dienone is 3. The van der Waals surface area contributed by atoms with E-state index in [2.05, 4.69) is 43.7 Å². The Morgan fingerprint density at radius 1 is 1.56 bits per heavy atom. The van der Waals surface area contributed by atoms with Gasteiger partial charge in [0.2, 0.25) is 0 Å². The Bertz CT molecular complexity index is 160. The zero-order valence-corrected chi connectivity index (χ0v) is 6.26. The third-order valence-corrected chi connectivity index (χ3v) is 1.89. The molecule has 1 aliphatic rings. The number of nitrogens with zero attached hydrogens (tertiary/aromatic N) is 1. The SMILES string of the molecule is CB1C=CC=C(C)N1C. The van der Waals surface area contributed by atoms with Gasteiger partial charge in [0, 0.05) is 0 Å². The van der Waals surface area contributed by atoms with Gasteiger partial charge in [-0.25, -0.2) is 0 Å². The maximum Gasteiger partial charge on any atom is 0.277 e. The first kappa shape index (κ1) is 6.46. The van der Waals surface area contributed by atoms with E-state index in [4.69, 9.17) is 0 Å². The van der Waals surface area contributed by atoms with Gasteiger partial charge in [-0.15, -0.1) is 0 Å². The fourth-order valence-corrected chi connectivity index (χ4v) is 0.923. The lowest BCUT2D eigenvalue weighted by Crippen LogP contribution is -2.31.